The number of aliphatic hydroxyl groups is 1. The van der Waals surface area contributed by atoms with Gasteiger partial charge in [0.05, 0.1) is 5.56 Å². The predicted octanol–water partition coefficient (Wildman–Crippen LogP) is 1.67. The molecule has 0 amide bonds. The number of hydrogen-bond acceptors (Lipinski definition) is 3. The molecule has 0 aromatic heterocycles. The predicted molar refractivity (Wildman–Crippen MR) is 53.4 cm³/mol. The highest BCUT2D eigenvalue weighted by atomic mass is 32.1. The highest BCUT2D eigenvalue weighted by molar-refractivity contribution is 7.80. The first-order valence-corrected chi connectivity index (χ1v) is 4.19. The maximum Gasteiger partial charge on any atom is 0.335 e. The summed E-state index contributed by atoms with van der Waals surface area (Å²) >= 11 is 4.01. The van der Waals surface area contributed by atoms with Crippen LogP contribution >= 0.6 is 12.6 Å². The van der Waals surface area contributed by atoms with Crippen molar-refractivity contribution in [2.75, 3.05) is 6.61 Å². The summed E-state index contributed by atoms with van der Waals surface area (Å²) in [4.78, 5) is 11.1. The Morgan fingerprint density at radius 1 is 1.38 bits per heavy atom. The molecular formula is C9H12O3S. The number of aromatic carboxylic acids is 1. The molecule has 72 valence electrons. The Hall–Kier alpha value is -1.00. The topological polar surface area (TPSA) is 57.5 Å². The van der Waals surface area contributed by atoms with E-state index in [9.17, 15) is 4.79 Å². The average Bonchev–Trinajstić information content (AvgIpc) is 2.06. The summed E-state index contributed by atoms with van der Waals surface area (Å²) in [5.74, 6) is -0.909. The van der Waals surface area contributed by atoms with E-state index in [1.807, 2.05) is 0 Å². The lowest BCUT2D eigenvalue weighted by Gasteiger charge is -1.92. The quantitative estimate of drug-likeness (QED) is 0.604. The van der Waals surface area contributed by atoms with E-state index in [1.54, 1.807) is 19.1 Å². The Kier molecular flexibility index (Phi) is 6.01. The third-order valence-corrected chi connectivity index (χ3v) is 1.41. The molecule has 1 aromatic carbocycles. The summed E-state index contributed by atoms with van der Waals surface area (Å²) in [5, 5.41) is 16.0. The molecule has 0 aliphatic rings. The van der Waals surface area contributed by atoms with Crippen LogP contribution in [0.3, 0.4) is 0 Å². The number of rotatable bonds is 1. The first-order chi connectivity index (χ1) is 6.11. The molecule has 0 heterocycles. The summed E-state index contributed by atoms with van der Waals surface area (Å²) in [7, 11) is 0. The second-order valence-electron chi connectivity index (χ2n) is 2.17. The van der Waals surface area contributed by atoms with Gasteiger partial charge < -0.3 is 10.2 Å². The van der Waals surface area contributed by atoms with E-state index < -0.39 is 5.97 Å². The molecule has 13 heavy (non-hydrogen) atoms. The van der Waals surface area contributed by atoms with E-state index >= 15 is 0 Å². The molecule has 2 N–H and O–H groups in total. The molecule has 0 radical (unpaired) electrons. The van der Waals surface area contributed by atoms with Gasteiger partial charge in [0, 0.05) is 11.5 Å². The van der Waals surface area contributed by atoms with Crippen molar-refractivity contribution >= 4 is 18.6 Å². The van der Waals surface area contributed by atoms with Crippen molar-refractivity contribution in [2.45, 2.75) is 11.8 Å². The van der Waals surface area contributed by atoms with Gasteiger partial charge in [0.25, 0.3) is 0 Å². The van der Waals surface area contributed by atoms with Crippen LogP contribution in [0, 0.1) is 0 Å². The van der Waals surface area contributed by atoms with E-state index in [1.165, 1.54) is 12.1 Å². The van der Waals surface area contributed by atoms with Crippen molar-refractivity contribution < 1.29 is 15.0 Å². The maximum atomic E-state index is 10.3. The second kappa shape index (κ2) is 6.51. The Labute approximate surface area is 82.4 Å². The minimum Gasteiger partial charge on any atom is -0.478 e. The molecule has 1 aromatic rings. The molecule has 0 atom stereocenters. The Morgan fingerprint density at radius 2 is 1.77 bits per heavy atom. The molecule has 0 aliphatic carbocycles. The van der Waals surface area contributed by atoms with E-state index in [0.29, 0.717) is 0 Å². The summed E-state index contributed by atoms with van der Waals surface area (Å²) in [6, 6.07) is 6.33. The summed E-state index contributed by atoms with van der Waals surface area (Å²) in [5.41, 5.74) is 0.290. The van der Waals surface area contributed by atoms with Crippen LogP contribution in [-0.4, -0.2) is 22.8 Å². The van der Waals surface area contributed by atoms with Crippen molar-refractivity contribution in [3.63, 3.8) is 0 Å². The highest BCUT2D eigenvalue weighted by Gasteiger charge is 1.98. The molecule has 1 rings (SSSR count). The minimum absolute atomic E-state index is 0.250. The summed E-state index contributed by atoms with van der Waals surface area (Å²) in [6.45, 7) is 1.93. The molecule has 0 unspecified atom stereocenters. The highest BCUT2D eigenvalue weighted by Crippen LogP contribution is 2.06. The number of aliphatic hydroxyl groups excluding tert-OH is 1. The number of hydrogen-bond donors (Lipinski definition) is 3. The van der Waals surface area contributed by atoms with Gasteiger partial charge in [-0.25, -0.2) is 4.79 Å². The van der Waals surface area contributed by atoms with Gasteiger partial charge in [0.1, 0.15) is 0 Å². The largest absolute Gasteiger partial charge is 0.478 e. The van der Waals surface area contributed by atoms with Crippen LogP contribution in [0.1, 0.15) is 17.3 Å². The molecule has 0 bridgehead atoms. The molecule has 0 aliphatic heterocycles. The van der Waals surface area contributed by atoms with Gasteiger partial charge in [-0.3, -0.25) is 0 Å². The van der Waals surface area contributed by atoms with Crippen molar-refractivity contribution in [1.29, 1.82) is 0 Å². The lowest BCUT2D eigenvalue weighted by Crippen LogP contribution is -1.94. The molecule has 0 saturated carbocycles. The average molecular weight is 200 g/mol. The normalized spacial score (nSPS) is 8.54. The van der Waals surface area contributed by atoms with Crippen LogP contribution < -0.4 is 0 Å². The van der Waals surface area contributed by atoms with Gasteiger partial charge >= 0.3 is 5.97 Å². The van der Waals surface area contributed by atoms with Crippen molar-refractivity contribution in [3.8, 4) is 0 Å². The number of carbonyl (C=O) groups is 1. The smallest absolute Gasteiger partial charge is 0.335 e. The molecule has 0 fully saturated rings. The third kappa shape index (κ3) is 5.27. The van der Waals surface area contributed by atoms with Gasteiger partial charge in [-0.05, 0) is 31.2 Å². The van der Waals surface area contributed by atoms with Crippen molar-refractivity contribution in [3.05, 3.63) is 29.8 Å². The van der Waals surface area contributed by atoms with Gasteiger partial charge in [-0.1, -0.05) is 0 Å². The lowest BCUT2D eigenvalue weighted by molar-refractivity contribution is 0.0697. The van der Waals surface area contributed by atoms with E-state index in [2.05, 4.69) is 12.6 Å². The number of thiol groups is 1. The summed E-state index contributed by atoms with van der Waals surface area (Å²) in [6.07, 6.45) is 0. The van der Waals surface area contributed by atoms with E-state index in [0.717, 1.165) is 4.90 Å². The van der Waals surface area contributed by atoms with Crippen LogP contribution in [0.4, 0.5) is 0 Å². The Morgan fingerprint density at radius 3 is 2.08 bits per heavy atom. The first-order valence-electron chi connectivity index (χ1n) is 3.75. The molecular weight excluding hydrogens is 188 g/mol. The lowest BCUT2D eigenvalue weighted by atomic mass is 10.2. The fourth-order valence-electron chi connectivity index (χ4n) is 0.604. The van der Waals surface area contributed by atoms with Gasteiger partial charge in [0.2, 0.25) is 0 Å². The van der Waals surface area contributed by atoms with Gasteiger partial charge in [-0.15, -0.1) is 12.6 Å². The van der Waals surface area contributed by atoms with Crippen LogP contribution in [0.5, 0.6) is 0 Å². The number of benzene rings is 1. The Bertz CT molecular complexity index is 256. The standard InChI is InChI=1S/C7H6O2S.C2H6O/c8-7(9)5-1-3-6(10)4-2-5;1-2-3/h1-4,10H,(H,8,9);3H,2H2,1H3. The molecule has 3 nitrogen and oxygen atoms in total. The van der Waals surface area contributed by atoms with Crippen LogP contribution in [-0.2, 0) is 0 Å². The van der Waals surface area contributed by atoms with Crippen LogP contribution in [0.2, 0.25) is 0 Å². The fourth-order valence-corrected chi connectivity index (χ4v) is 0.753. The maximum absolute atomic E-state index is 10.3. The Balaban J connectivity index is 0.000000424. The fraction of sp³-hybridized carbons (Fsp3) is 0.222. The van der Waals surface area contributed by atoms with Crippen LogP contribution in [0.15, 0.2) is 29.2 Å². The summed E-state index contributed by atoms with van der Waals surface area (Å²) < 4.78 is 0. The zero-order valence-electron chi connectivity index (χ0n) is 7.27. The monoisotopic (exact) mass is 200 g/mol. The van der Waals surface area contributed by atoms with Gasteiger partial charge in [-0.2, -0.15) is 0 Å². The first kappa shape index (κ1) is 12.0. The SMILES string of the molecule is CCO.O=C(O)c1ccc(S)cc1. The molecule has 4 heteroatoms. The van der Waals surface area contributed by atoms with Crippen LogP contribution in [0.25, 0.3) is 0 Å². The third-order valence-electron chi connectivity index (χ3n) is 1.11. The molecule has 0 spiro atoms. The number of carboxylic acid groups (broad SMARTS) is 1. The minimum atomic E-state index is -0.909. The van der Waals surface area contributed by atoms with Crippen molar-refractivity contribution in [2.24, 2.45) is 0 Å². The second-order valence-corrected chi connectivity index (χ2v) is 2.68. The zero-order chi connectivity index (χ0) is 10.3. The van der Waals surface area contributed by atoms with E-state index in [4.69, 9.17) is 10.2 Å². The number of carboxylic acids is 1. The molecule has 0 saturated heterocycles. The van der Waals surface area contributed by atoms with Gasteiger partial charge in [0.15, 0.2) is 0 Å². The van der Waals surface area contributed by atoms with Crippen molar-refractivity contribution in [1.82, 2.24) is 0 Å². The van der Waals surface area contributed by atoms with E-state index in [-0.39, 0.29) is 12.2 Å². The zero-order valence-corrected chi connectivity index (χ0v) is 8.16.